The van der Waals surface area contributed by atoms with E-state index in [0.29, 0.717) is 10.5 Å². The Morgan fingerprint density at radius 2 is 1.47 bits per heavy atom. The molecule has 1 aliphatic heterocycles. The molecule has 1 heterocycles. The van der Waals surface area contributed by atoms with E-state index in [9.17, 15) is 30.8 Å². The Morgan fingerprint density at radius 1 is 0.921 bits per heavy atom. The van der Waals surface area contributed by atoms with Crippen molar-refractivity contribution in [1.29, 1.82) is 0 Å². The standard InChI is InChI=1S/C25H20F4O7S2/c1-23(34-15-24(26,27)16-35-23)17-6-5-9-21(14-17)37(19-7-3-2-4-8-19)20-12-10-18(11-13-20)36-22(30)25(28,29)38(31,32)33/h2-14H,15-16H2,1H3/p+1. The van der Waals surface area contributed by atoms with E-state index in [2.05, 4.69) is 4.74 Å². The minimum atomic E-state index is -6.01. The first-order chi connectivity index (χ1) is 17.7. The summed E-state index contributed by atoms with van der Waals surface area (Å²) < 4.78 is 99.7. The first-order valence-electron chi connectivity index (χ1n) is 10.9. The molecule has 0 saturated carbocycles. The zero-order valence-electron chi connectivity index (χ0n) is 19.6. The van der Waals surface area contributed by atoms with Gasteiger partial charge in [0.2, 0.25) is 0 Å². The monoisotopic (exact) mass is 573 g/mol. The van der Waals surface area contributed by atoms with Crippen LogP contribution in [0.25, 0.3) is 0 Å². The van der Waals surface area contributed by atoms with Gasteiger partial charge in [0.1, 0.15) is 19.0 Å². The van der Waals surface area contributed by atoms with Gasteiger partial charge in [-0.2, -0.15) is 17.2 Å². The molecular formula is C25H21F4O7S2+. The molecule has 3 aromatic rings. The van der Waals surface area contributed by atoms with Crippen LogP contribution in [0, 0.1) is 0 Å². The second kappa shape index (κ2) is 10.3. The summed E-state index contributed by atoms with van der Waals surface area (Å²) in [7, 11) is -6.81. The quantitative estimate of drug-likeness (QED) is 0.139. The van der Waals surface area contributed by atoms with E-state index in [1.807, 2.05) is 36.4 Å². The molecule has 0 amide bonds. The minimum absolute atomic E-state index is 0.370. The number of rotatable bonds is 7. The molecule has 13 heteroatoms. The molecule has 1 unspecified atom stereocenters. The minimum Gasteiger partial charge on any atom is -0.421 e. The maximum absolute atomic E-state index is 13.6. The van der Waals surface area contributed by atoms with Crippen molar-refractivity contribution in [3.05, 3.63) is 84.4 Å². The van der Waals surface area contributed by atoms with Crippen LogP contribution in [0.15, 0.2) is 93.5 Å². The van der Waals surface area contributed by atoms with Gasteiger partial charge in [-0.05, 0) is 49.4 Å². The van der Waals surface area contributed by atoms with Crippen LogP contribution in [0.5, 0.6) is 5.75 Å². The number of benzene rings is 3. The van der Waals surface area contributed by atoms with Crippen LogP contribution >= 0.6 is 0 Å². The lowest BCUT2D eigenvalue weighted by atomic mass is 10.1. The van der Waals surface area contributed by atoms with E-state index >= 15 is 0 Å². The van der Waals surface area contributed by atoms with Crippen LogP contribution < -0.4 is 4.74 Å². The number of hydrogen-bond acceptors (Lipinski definition) is 6. The van der Waals surface area contributed by atoms with Crippen molar-refractivity contribution in [2.75, 3.05) is 13.2 Å². The Hall–Kier alpha value is -2.97. The van der Waals surface area contributed by atoms with Gasteiger partial charge < -0.3 is 14.2 Å². The lowest BCUT2D eigenvalue weighted by Gasteiger charge is -2.37. The predicted molar refractivity (Wildman–Crippen MR) is 128 cm³/mol. The summed E-state index contributed by atoms with van der Waals surface area (Å²) in [6, 6.07) is 21.6. The van der Waals surface area contributed by atoms with Gasteiger partial charge in [-0.3, -0.25) is 4.55 Å². The van der Waals surface area contributed by atoms with Crippen LogP contribution in [0.3, 0.4) is 0 Å². The zero-order chi connectivity index (χ0) is 27.8. The van der Waals surface area contributed by atoms with E-state index in [0.717, 1.165) is 9.79 Å². The van der Waals surface area contributed by atoms with E-state index in [1.54, 1.807) is 25.1 Å². The molecule has 38 heavy (non-hydrogen) atoms. The van der Waals surface area contributed by atoms with Gasteiger partial charge in [-0.25, -0.2) is 13.6 Å². The van der Waals surface area contributed by atoms with Gasteiger partial charge in [0, 0.05) is 11.6 Å². The SMILES string of the molecule is CC1(c2cccc([S+](c3ccccc3)c3ccc(OC(=O)C(F)(F)S(=O)(=O)O)cc3)c2)OCC(F)(F)CO1. The fourth-order valence-corrected chi connectivity index (χ4v) is 5.89. The number of esters is 1. The number of hydrogen-bond donors (Lipinski definition) is 1. The van der Waals surface area contributed by atoms with Gasteiger partial charge in [0.25, 0.3) is 5.92 Å². The maximum Gasteiger partial charge on any atom is 0.466 e. The molecule has 0 radical (unpaired) electrons. The fourth-order valence-electron chi connectivity index (χ4n) is 3.52. The Kier molecular flexibility index (Phi) is 7.60. The van der Waals surface area contributed by atoms with Gasteiger partial charge in [-0.15, -0.1) is 0 Å². The number of halogens is 4. The van der Waals surface area contributed by atoms with Crippen LogP contribution in [-0.2, 0) is 41.1 Å². The highest BCUT2D eigenvalue weighted by Gasteiger charge is 2.54. The van der Waals surface area contributed by atoms with Crippen molar-refractivity contribution < 1.29 is 49.5 Å². The molecule has 1 saturated heterocycles. The van der Waals surface area contributed by atoms with Crippen molar-refractivity contribution in [1.82, 2.24) is 0 Å². The lowest BCUT2D eigenvalue weighted by Crippen LogP contribution is -2.46. The van der Waals surface area contributed by atoms with Crippen molar-refractivity contribution >= 4 is 27.0 Å². The average Bonchev–Trinajstić information content (AvgIpc) is 2.87. The molecule has 0 aromatic heterocycles. The summed E-state index contributed by atoms with van der Waals surface area (Å²) in [5.41, 5.74) is 0.511. The van der Waals surface area contributed by atoms with Crippen LogP contribution in [-0.4, -0.2) is 43.3 Å². The van der Waals surface area contributed by atoms with Gasteiger partial charge in [0.05, 0.1) is 10.9 Å². The van der Waals surface area contributed by atoms with Crippen LogP contribution in [0.4, 0.5) is 17.6 Å². The molecule has 1 aliphatic rings. The lowest BCUT2D eigenvalue weighted by molar-refractivity contribution is -0.328. The Balaban J connectivity index is 1.66. The molecule has 7 nitrogen and oxygen atoms in total. The average molecular weight is 574 g/mol. The molecule has 1 N–H and O–H groups in total. The molecule has 0 aliphatic carbocycles. The fraction of sp³-hybridized carbons (Fsp3) is 0.240. The van der Waals surface area contributed by atoms with Gasteiger partial charge in [-0.1, -0.05) is 30.3 Å². The summed E-state index contributed by atoms with van der Waals surface area (Å²) in [5, 5.41) is -5.14. The molecule has 4 rings (SSSR count). The van der Waals surface area contributed by atoms with Gasteiger partial charge >= 0.3 is 21.3 Å². The third-order valence-corrected chi connectivity index (χ3v) is 8.55. The van der Waals surface area contributed by atoms with Crippen LogP contribution in [0.2, 0.25) is 0 Å². The largest absolute Gasteiger partial charge is 0.466 e. The second-order valence-corrected chi connectivity index (χ2v) is 11.9. The second-order valence-electron chi connectivity index (χ2n) is 8.38. The highest BCUT2D eigenvalue weighted by atomic mass is 32.2. The summed E-state index contributed by atoms with van der Waals surface area (Å²) in [6.45, 7) is -0.0443. The normalized spacial score (nSPS) is 17.9. The zero-order valence-corrected chi connectivity index (χ0v) is 21.3. The molecule has 202 valence electrons. The maximum atomic E-state index is 13.6. The molecule has 0 spiro atoms. The highest BCUT2D eigenvalue weighted by Crippen LogP contribution is 2.38. The Bertz CT molecular complexity index is 1410. The van der Waals surface area contributed by atoms with E-state index < -0.39 is 57.2 Å². The first kappa shape index (κ1) is 28.0. The highest BCUT2D eigenvalue weighted by molar-refractivity contribution is 7.97. The van der Waals surface area contributed by atoms with Crippen LogP contribution in [0.1, 0.15) is 12.5 Å². The summed E-state index contributed by atoms with van der Waals surface area (Å²) in [4.78, 5) is 13.9. The third kappa shape index (κ3) is 5.86. The smallest absolute Gasteiger partial charge is 0.421 e. The summed E-state index contributed by atoms with van der Waals surface area (Å²) >= 11 is 0. The Morgan fingerprint density at radius 3 is 2.05 bits per heavy atom. The molecule has 1 fully saturated rings. The first-order valence-corrected chi connectivity index (χ1v) is 13.6. The number of carbonyl (C=O) groups excluding carboxylic acids is 1. The molecule has 1 atom stereocenters. The van der Waals surface area contributed by atoms with E-state index in [4.69, 9.17) is 14.0 Å². The predicted octanol–water partition coefficient (Wildman–Crippen LogP) is 5.02. The summed E-state index contributed by atoms with van der Waals surface area (Å²) in [5.74, 6) is -7.32. The van der Waals surface area contributed by atoms with E-state index in [1.165, 1.54) is 24.3 Å². The van der Waals surface area contributed by atoms with Crippen molar-refractivity contribution in [3.8, 4) is 5.75 Å². The topological polar surface area (TPSA) is 99.1 Å². The Labute approximate surface area is 218 Å². The molecule has 3 aromatic carbocycles. The van der Waals surface area contributed by atoms with Crippen molar-refractivity contribution in [2.45, 2.75) is 38.6 Å². The van der Waals surface area contributed by atoms with Crippen molar-refractivity contribution in [3.63, 3.8) is 0 Å². The summed E-state index contributed by atoms with van der Waals surface area (Å²) in [6.07, 6.45) is 0. The van der Waals surface area contributed by atoms with E-state index in [-0.39, 0.29) is 5.75 Å². The number of carbonyl (C=O) groups is 1. The molecular weight excluding hydrogens is 552 g/mol. The van der Waals surface area contributed by atoms with Gasteiger partial charge in [0.15, 0.2) is 20.5 Å². The van der Waals surface area contributed by atoms with Crippen molar-refractivity contribution in [2.24, 2.45) is 0 Å². The third-order valence-electron chi connectivity index (χ3n) is 5.52. The number of alkyl halides is 4. The number of ether oxygens (including phenoxy) is 3. The molecule has 0 bridgehead atoms.